The Balaban J connectivity index is 1.85. The van der Waals surface area contributed by atoms with Gasteiger partial charge >= 0.3 is 0 Å². The van der Waals surface area contributed by atoms with E-state index in [4.69, 9.17) is 0 Å². The first-order chi connectivity index (χ1) is 7.46. The Hall–Kier alpha value is -0.120. The van der Waals surface area contributed by atoms with Crippen LogP contribution >= 0.6 is 0 Å². The second-order valence-corrected chi connectivity index (χ2v) is 6.20. The van der Waals surface area contributed by atoms with Gasteiger partial charge in [-0.05, 0) is 46.6 Å². The molecule has 3 heteroatoms. The molecule has 3 nitrogen and oxygen atoms in total. The molecule has 2 unspecified atom stereocenters. The minimum atomic E-state index is -0.521. The zero-order valence-corrected chi connectivity index (χ0v) is 10.9. The Labute approximate surface area is 99.4 Å². The van der Waals surface area contributed by atoms with Crippen LogP contribution in [-0.2, 0) is 0 Å². The Bertz CT molecular complexity index is 237. The fourth-order valence-electron chi connectivity index (χ4n) is 2.98. The molecule has 2 heterocycles. The maximum Gasteiger partial charge on any atom is 0.0603 e. The lowest BCUT2D eigenvalue weighted by Gasteiger charge is -2.43. The smallest absolute Gasteiger partial charge is 0.0603 e. The van der Waals surface area contributed by atoms with Crippen molar-refractivity contribution < 1.29 is 5.11 Å². The second kappa shape index (κ2) is 4.63. The van der Waals surface area contributed by atoms with Crippen LogP contribution in [-0.4, -0.2) is 58.8 Å². The first-order valence-electron chi connectivity index (χ1n) is 6.66. The highest BCUT2D eigenvalue weighted by atomic mass is 16.3. The summed E-state index contributed by atoms with van der Waals surface area (Å²) in [4.78, 5) is 5.20. The van der Waals surface area contributed by atoms with Gasteiger partial charge in [0.15, 0.2) is 0 Å². The Kier molecular flexibility index (Phi) is 3.57. The second-order valence-electron chi connectivity index (χ2n) is 6.20. The predicted octanol–water partition coefficient (Wildman–Crippen LogP) is 1.32. The van der Waals surface area contributed by atoms with E-state index in [9.17, 15) is 5.11 Å². The van der Waals surface area contributed by atoms with Crippen molar-refractivity contribution >= 4 is 0 Å². The highest BCUT2D eigenvalue weighted by Crippen LogP contribution is 2.25. The summed E-state index contributed by atoms with van der Waals surface area (Å²) in [5.41, 5.74) is -0.521. The van der Waals surface area contributed by atoms with Crippen LogP contribution in [0.1, 0.15) is 40.0 Å². The largest absolute Gasteiger partial charge is 0.390 e. The number of rotatable bonds is 3. The SMILES string of the molecule is CC1CN2CCCC2CN1CCC(C)(C)O. The molecule has 0 saturated carbocycles. The van der Waals surface area contributed by atoms with Crippen LogP contribution in [0.4, 0.5) is 0 Å². The van der Waals surface area contributed by atoms with Gasteiger partial charge in [0, 0.05) is 31.7 Å². The summed E-state index contributed by atoms with van der Waals surface area (Å²) in [6.45, 7) is 10.9. The maximum absolute atomic E-state index is 9.78. The Morgan fingerprint density at radius 1 is 1.31 bits per heavy atom. The molecule has 94 valence electrons. The molecule has 0 aliphatic carbocycles. The number of hydrogen-bond donors (Lipinski definition) is 1. The van der Waals surface area contributed by atoms with E-state index in [0.717, 1.165) is 19.0 Å². The van der Waals surface area contributed by atoms with Crippen LogP contribution in [0.15, 0.2) is 0 Å². The quantitative estimate of drug-likeness (QED) is 0.786. The zero-order chi connectivity index (χ0) is 11.8. The van der Waals surface area contributed by atoms with E-state index in [0.29, 0.717) is 6.04 Å². The van der Waals surface area contributed by atoms with Gasteiger partial charge in [-0.1, -0.05) is 0 Å². The molecule has 2 saturated heterocycles. The van der Waals surface area contributed by atoms with Gasteiger partial charge in [-0.2, -0.15) is 0 Å². The molecule has 0 radical (unpaired) electrons. The Morgan fingerprint density at radius 3 is 2.75 bits per heavy atom. The molecule has 0 bridgehead atoms. The highest BCUT2D eigenvalue weighted by molar-refractivity contribution is 4.90. The molecule has 0 aromatic heterocycles. The number of nitrogens with zero attached hydrogens (tertiary/aromatic N) is 2. The molecule has 0 aromatic carbocycles. The monoisotopic (exact) mass is 226 g/mol. The van der Waals surface area contributed by atoms with Gasteiger partial charge in [-0.15, -0.1) is 0 Å². The van der Waals surface area contributed by atoms with Crippen LogP contribution < -0.4 is 0 Å². The average molecular weight is 226 g/mol. The molecular formula is C13H26N2O. The molecule has 2 atom stereocenters. The molecule has 2 aliphatic rings. The lowest BCUT2D eigenvalue weighted by atomic mass is 10.0. The molecular weight excluding hydrogens is 200 g/mol. The van der Waals surface area contributed by atoms with Gasteiger partial charge in [0.1, 0.15) is 0 Å². The van der Waals surface area contributed by atoms with E-state index in [1.165, 1.54) is 32.5 Å². The third-order valence-electron chi connectivity index (χ3n) is 4.08. The summed E-state index contributed by atoms with van der Waals surface area (Å²) >= 11 is 0. The fourth-order valence-corrected chi connectivity index (χ4v) is 2.98. The van der Waals surface area contributed by atoms with Crippen molar-refractivity contribution in [1.29, 1.82) is 0 Å². The van der Waals surface area contributed by atoms with E-state index >= 15 is 0 Å². The fraction of sp³-hybridized carbons (Fsp3) is 1.00. The van der Waals surface area contributed by atoms with Crippen molar-refractivity contribution in [2.24, 2.45) is 0 Å². The molecule has 16 heavy (non-hydrogen) atoms. The van der Waals surface area contributed by atoms with Crippen molar-refractivity contribution in [1.82, 2.24) is 9.80 Å². The van der Waals surface area contributed by atoms with E-state index in [1.54, 1.807) is 0 Å². The molecule has 2 fully saturated rings. The molecule has 0 aromatic rings. The van der Waals surface area contributed by atoms with E-state index < -0.39 is 5.60 Å². The van der Waals surface area contributed by atoms with Gasteiger partial charge in [0.25, 0.3) is 0 Å². The van der Waals surface area contributed by atoms with Gasteiger partial charge in [-0.25, -0.2) is 0 Å². The molecule has 2 aliphatic heterocycles. The lowest BCUT2D eigenvalue weighted by molar-refractivity contribution is 0.0212. The molecule has 2 rings (SSSR count). The van der Waals surface area contributed by atoms with Crippen LogP contribution in [0.25, 0.3) is 0 Å². The first-order valence-corrected chi connectivity index (χ1v) is 6.66. The topological polar surface area (TPSA) is 26.7 Å². The summed E-state index contributed by atoms with van der Waals surface area (Å²) in [7, 11) is 0. The Morgan fingerprint density at radius 2 is 2.06 bits per heavy atom. The van der Waals surface area contributed by atoms with Crippen molar-refractivity contribution in [2.75, 3.05) is 26.2 Å². The van der Waals surface area contributed by atoms with Gasteiger partial charge < -0.3 is 5.11 Å². The molecule has 1 N–H and O–H groups in total. The number of hydrogen-bond acceptors (Lipinski definition) is 3. The van der Waals surface area contributed by atoms with Crippen molar-refractivity contribution in [3.8, 4) is 0 Å². The number of piperazine rings is 1. The summed E-state index contributed by atoms with van der Waals surface area (Å²) in [6, 6.07) is 1.44. The summed E-state index contributed by atoms with van der Waals surface area (Å²) < 4.78 is 0. The number of aliphatic hydroxyl groups is 1. The van der Waals surface area contributed by atoms with Crippen LogP contribution in [0.5, 0.6) is 0 Å². The van der Waals surface area contributed by atoms with Gasteiger partial charge in [0.2, 0.25) is 0 Å². The molecule has 0 amide bonds. The highest BCUT2D eigenvalue weighted by Gasteiger charge is 2.34. The minimum Gasteiger partial charge on any atom is -0.390 e. The van der Waals surface area contributed by atoms with Crippen molar-refractivity contribution in [3.05, 3.63) is 0 Å². The summed E-state index contributed by atoms with van der Waals surface area (Å²) in [6.07, 6.45) is 3.62. The minimum absolute atomic E-state index is 0.521. The third-order valence-corrected chi connectivity index (χ3v) is 4.08. The maximum atomic E-state index is 9.78. The standard InChI is InChI=1S/C13H26N2O/c1-11-9-15-7-4-5-12(15)10-14(11)8-6-13(2,3)16/h11-12,16H,4-10H2,1-3H3. The average Bonchev–Trinajstić information content (AvgIpc) is 2.59. The van der Waals surface area contributed by atoms with Gasteiger partial charge in [-0.3, -0.25) is 9.80 Å². The zero-order valence-electron chi connectivity index (χ0n) is 10.9. The van der Waals surface area contributed by atoms with E-state index in [1.807, 2.05) is 13.8 Å². The normalized spacial score (nSPS) is 33.0. The van der Waals surface area contributed by atoms with Crippen LogP contribution in [0, 0.1) is 0 Å². The summed E-state index contributed by atoms with van der Waals surface area (Å²) in [5, 5.41) is 9.78. The van der Waals surface area contributed by atoms with Gasteiger partial charge in [0.05, 0.1) is 5.60 Å². The van der Waals surface area contributed by atoms with E-state index in [-0.39, 0.29) is 0 Å². The number of fused-ring (bicyclic) bond motifs is 1. The summed E-state index contributed by atoms with van der Waals surface area (Å²) in [5.74, 6) is 0. The first kappa shape index (κ1) is 12.3. The lowest BCUT2D eigenvalue weighted by Crippen LogP contribution is -2.55. The van der Waals surface area contributed by atoms with Crippen LogP contribution in [0.3, 0.4) is 0 Å². The third kappa shape index (κ3) is 2.96. The van der Waals surface area contributed by atoms with Crippen molar-refractivity contribution in [3.63, 3.8) is 0 Å². The van der Waals surface area contributed by atoms with Crippen LogP contribution in [0.2, 0.25) is 0 Å². The predicted molar refractivity (Wildman–Crippen MR) is 66.5 cm³/mol. The van der Waals surface area contributed by atoms with Crippen molar-refractivity contribution in [2.45, 2.75) is 57.7 Å². The van der Waals surface area contributed by atoms with E-state index in [2.05, 4.69) is 16.7 Å². The molecule has 0 spiro atoms.